The molecule has 1 aromatic carbocycles. The molecule has 1 fully saturated rings. The molecule has 1 aromatic rings. The Hall–Kier alpha value is -1.51. The van der Waals surface area contributed by atoms with E-state index in [9.17, 15) is 4.79 Å². The topological polar surface area (TPSA) is 35.5 Å². The maximum Gasteiger partial charge on any atom is 0.161 e. The summed E-state index contributed by atoms with van der Waals surface area (Å²) in [4.78, 5) is 11.6. The molecule has 1 heterocycles. The number of ether oxygens (including phenoxy) is 2. The molecule has 3 nitrogen and oxygen atoms in total. The van der Waals surface area contributed by atoms with Crippen molar-refractivity contribution < 1.29 is 14.3 Å². The number of carbonyl (C=O) groups is 1. The van der Waals surface area contributed by atoms with Crippen LogP contribution in [0.4, 0.5) is 0 Å². The first-order valence-corrected chi connectivity index (χ1v) is 6.74. The van der Waals surface area contributed by atoms with Crippen LogP contribution in [-0.4, -0.2) is 19.0 Å². The van der Waals surface area contributed by atoms with Crippen molar-refractivity contribution in [1.82, 2.24) is 0 Å². The number of aryl methyl sites for hydroxylation is 1. The Morgan fingerprint density at radius 2 is 1.94 bits per heavy atom. The largest absolute Gasteiger partial charge is 0.486 e. The van der Waals surface area contributed by atoms with E-state index in [4.69, 9.17) is 9.47 Å². The monoisotopic (exact) mass is 246 g/mol. The third-order valence-electron chi connectivity index (χ3n) is 3.53. The first-order valence-electron chi connectivity index (χ1n) is 6.74. The fraction of sp³-hybridized carbons (Fsp3) is 0.533. The number of carbonyl (C=O) groups excluding carboxylic acids is 1. The summed E-state index contributed by atoms with van der Waals surface area (Å²) in [5.74, 6) is 2.52. The van der Waals surface area contributed by atoms with Gasteiger partial charge in [-0.1, -0.05) is 6.07 Å². The fourth-order valence-electron chi connectivity index (χ4n) is 2.32. The van der Waals surface area contributed by atoms with Gasteiger partial charge in [-0.3, -0.25) is 4.79 Å². The Kier molecular flexibility index (Phi) is 3.22. The van der Waals surface area contributed by atoms with Crippen molar-refractivity contribution in [3.8, 4) is 11.5 Å². The van der Waals surface area contributed by atoms with Crippen LogP contribution in [0.5, 0.6) is 11.5 Å². The molecular formula is C15H18O3. The van der Waals surface area contributed by atoms with Crippen LogP contribution in [0.1, 0.15) is 31.2 Å². The molecule has 2 aliphatic rings. The minimum absolute atomic E-state index is 0.394. The highest BCUT2D eigenvalue weighted by atomic mass is 16.6. The molecule has 1 aliphatic heterocycles. The zero-order valence-electron chi connectivity index (χ0n) is 10.5. The molecule has 18 heavy (non-hydrogen) atoms. The lowest BCUT2D eigenvalue weighted by atomic mass is 10.0. The molecule has 1 aliphatic carbocycles. The second-order valence-corrected chi connectivity index (χ2v) is 5.07. The van der Waals surface area contributed by atoms with E-state index >= 15 is 0 Å². The van der Waals surface area contributed by atoms with Crippen molar-refractivity contribution in [2.24, 2.45) is 5.92 Å². The van der Waals surface area contributed by atoms with E-state index in [1.165, 1.54) is 5.56 Å². The maximum absolute atomic E-state index is 11.6. The highest BCUT2D eigenvalue weighted by Gasteiger charge is 2.28. The van der Waals surface area contributed by atoms with Crippen molar-refractivity contribution in [2.75, 3.05) is 13.2 Å². The van der Waals surface area contributed by atoms with E-state index < -0.39 is 0 Å². The predicted molar refractivity (Wildman–Crippen MR) is 68.1 cm³/mol. The Morgan fingerprint density at radius 3 is 2.72 bits per heavy atom. The van der Waals surface area contributed by atoms with Crippen molar-refractivity contribution in [1.29, 1.82) is 0 Å². The van der Waals surface area contributed by atoms with Crippen molar-refractivity contribution >= 4 is 5.78 Å². The number of Topliss-reactive ketones (excluding diaryl/α,β-unsaturated/α-hetero) is 1. The Morgan fingerprint density at radius 1 is 1.17 bits per heavy atom. The van der Waals surface area contributed by atoms with Gasteiger partial charge < -0.3 is 9.47 Å². The minimum atomic E-state index is 0.394. The van der Waals surface area contributed by atoms with Crippen molar-refractivity contribution in [2.45, 2.75) is 32.1 Å². The summed E-state index contributed by atoms with van der Waals surface area (Å²) in [5, 5.41) is 0. The molecule has 96 valence electrons. The van der Waals surface area contributed by atoms with Gasteiger partial charge in [-0.05, 0) is 43.4 Å². The van der Waals surface area contributed by atoms with Crippen LogP contribution in [0.15, 0.2) is 18.2 Å². The summed E-state index contributed by atoms with van der Waals surface area (Å²) in [5.41, 5.74) is 1.22. The van der Waals surface area contributed by atoms with Gasteiger partial charge >= 0.3 is 0 Å². The first kappa shape index (κ1) is 11.6. The molecule has 0 bridgehead atoms. The fourth-order valence-corrected chi connectivity index (χ4v) is 2.32. The number of hydrogen-bond acceptors (Lipinski definition) is 3. The summed E-state index contributed by atoms with van der Waals surface area (Å²) in [6, 6.07) is 6.07. The summed E-state index contributed by atoms with van der Waals surface area (Å²) in [6.45, 7) is 1.25. The van der Waals surface area contributed by atoms with E-state index in [1.54, 1.807) is 0 Å². The second-order valence-electron chi connectivity index (χ2n) is 5.07. The molecule has 0 N–H and O–H groups in total. The number of ketones is 1. The Labute approximate surface area is 107 Å². The number of fused-ring (bicyclic) bond motifs is 1. The average molecular weight is 246 g/mol. The second kappa shape index (κ2) is 5.01. The number of benzene rings is 1. The third-order valence-corrected chi connectivity index (χ3v) is 3.53. The van der Waals surface area contributed by atoms with E-state index in [-0.39, 0.29) is 0 Å². The summed E-state index contributed by atoms with van der Waals surface area (Å²) < 4.78 is 11.0. The van der Waals surface area contributed by atoms with Crippen LogP contribution in [0, 0.1) is 5.92 Å². The van der Waals surface area contributed by atoms with Crippen LogP contribution >= 0.6 is 0 Å². The van der Waals surface area contributed by atoms with Gasteiger partial charge in [0.2, 0.25) is 0 Å². The van der Waals surface area contributed by atoms with E-state index in [0.29, 0.717) is 24.9 Å². The van der Waals surface area contributed by atoms with Crippen LogP contribution in [0.2, 0.25) is 0 Å². The molecule has 3 rings (SSSR count). The molecule has 0 spiro atoms. The first-order chi connectivity index (χ1) is 8.83. The van der Waals surface area contributed by atoms with Gasteiger partial charge in [0.15, 0.2) is 11.5 Å². The SMILES string of the molecule is O=C(CCCc1ccc2c(c1)OCCO2)C1CC1. The molecule has 0 radical (unpaired) electrons. The molecule has 0 unspecified atom stereocenters. The number of hydrogen-bond donors (Lipinski definition) is 0. The van der Waals surface area contributed by atoms with E-state index in [1.807, 2.05) is 12.1 Å². The quantitative estimate of drug-likeness (QED) is 0.801. The summed E-state index contributed by atoms with van der Waals surface area (Å²) in [6.07, 6.45) is 4.83. The maximum atomic E-state index is 11.6. The van der Waals surface area contributed by atoms with Gasteiger partial charge in [-0.15, -0.1) is 0 Å². The standard InChI is InChI=1S/C15H18O3/c16-13(12-5-6-12)3-1-2-11-4-7-14-15(10-11)18-9-8-17-14/h4,7,10,12H,1-3,5-6,8-9H2. The normalized spacial score (nSPS) is 17.6. The molecular weight excluding hydrogens is 228 g/mol. The van der Waals surface area contributed by atoms with E-state index in [2.05, 4.69) is 6.07 Å². The van der Waals surface area contributed by atoms with Crippen LogP contribution < -0.4 is 9.47 Å². The zero-order chi connectivity index (χ0) is 12.4. The Balaban J connectivity index is 1.54. The molecule has 0 amide bonds. The van der Waals surface area contributed by atoms with Gasteiger partial charge in [-0.25, -0.2) is 0 Å². The average Bonchev–Trinajstić information content (AvgIpc) is 3.23. The van der Waals surface area contributed by atoms with Crippen LogP contribution in [-0.2, 0) is 11.2 Å². The predicted octanol–water partition coefficient (Wildman–Crippen LogP) is 2.76. The lowest BCUT2D eigenvalue weighted by Gasteiger charge is -2.18. The van der Waals surface area contributed by atoms with Crippen molar-refractivity contribution in [3.63, 3.8) is 0 Å². The molecule has 1 saturated carbocycles. The van der Waals surface area contributed by atoms with Gasteiger partial charge in [0.05, 0.1) is 0 Å². The lowest BCUT2D eigenvalue weighted by molar-refractivity contribution is -0.120. The Bertz CT molecular complexity index is 449. The molecule has 3 heteroatoms. The third kappa shape index (κ3) is 2.66. The highest BCUT2D eigenvalue weighted by molar-refractivity contribution is 5.83. The zero-order valence-corrected chi connectivity index (χ0v) is 10.5. The highest BCUT2D eigenvalue weighted by Crippen LogP contribution is 2.33. The van der Waals surface area contributed by atoms with Gasteiger partial charge in [0.25, 0.3) is 0 Å². The molecule has 0 atom stereocenters. The summed E-state index contributed by atoms with van der Waals surface area (Å²) in [7, 11) is 0. The minimum Gasteiger partial charge on any atom is -0.486 e. The van der Waals surface area contributed by atoms with Crippen LogP contribution in [0.3, 0.4) is 0 Å². The van der Waals surface area contributed by atoms with E-state index in [0.717, 1.165) is 43.6 Å². The van der Waals surface area contributed by atoms with Gasteiger partial charge in [0.1, 0.15) is 19.0 Å². The number of rotatable bonds is 5. The smallest absolute Gasteiger partial charge is 0.161 e. The molecule has 0 aromatic heterocycles. The molecule has 0 saturated heterocycles. The van der Waals surface area contributed by atoms with Crippen molar-refractivity contribution in [3.05, 3.63) is 23.8 Å². The van der Waals surface area contributed by atoms with Crippen LogP contribution in [0.25, 0.3) is 0 Å². The summed E-state index contributed by atoms with van der Waals surface area (Å²) >= 11 is 0. The van der Waals surface area contributed by atoms with Gasteiger partial charge in [0, 0.05) is 12.3 Å². The van der Waals surface area contributed by atoms with Gasteiger partial charge in [-0.2, -0.15) is 0 Å². The lowest BCUT2D eigenvalue weighted by Crippen LogP contribution is -2.15.